The predicted octanol–water partition coefficient (Wildman–Crippen LogP) is 0.961. The van der Waals surface area contributed by atoms with Crippen LogP contribution in [0.4, 0.5) is 10.6 Å². The fourth-order valence-electron chi connectivity index (χ4n) is 2.04. The molecule has 6 nitrogen and oxygen atoms in total. The Labute approximate surface area is 99.7 Å². The molecule has 1 fully saturated rings. The minimum absolute atomic E-state index is 0.405. The number of amides is 1. The summed E-state index contributed by atoms with van der Waals surface area (Å²) in [5.74, 6) is 0.855. The zero-order valence-electron chi connectivity index (χ0n) is 9.54. The first-order chi connectivity index (χ1) is 8.27. The van der Waals surface area contributed by atoms with Crippen LogP contribution in [0.2, 0.25) is 0 Å². The third-order valence-corrected chi connectivity index (χ3v) is 2.97. The summed E-state index contributed by atoms with van der Waals surface area (Å²) in [6, 6.07) is 1.62. The van der Waals surface area contributed by atoms with Gasteiger partial charge in [-0.1, -0.05) is 0 Å². The molecule has 2 heterocycles. The van der Waals surface area contributed by atoms with Gasteiger partial charge in [0.1, 0.15) is 12.1 Å². The molecule has 6 heteroatoms. The topological polar surface area (TPSA) is 78.4 Å². The molecule has 1 aromatic rings. The summed E-state index contributed by atoms with van der Waals surface area (Å²) in [4.78, 5) is 20.3. The second-order valence-corrected chi connectivity index (χ2v) is 4.15. The molecule has 2 rings (SSSR count). The first-order valence-electron chi connectivity index (χ1n) is 5.74. The van der Waals surface area contributed by atoms with Gasteiger partial charge in [-0.2, -0.15) is 0 Å². The zero-order chi connectivity index (χ0) is 12.1. The summed E-state index contributed by atoms with van der Waals surface area (Å²) >= 11 is 0. The van der Waals surface area contributed by atoms with Crippen molar-refractivity contribution >= 4 is 11.9 Å². The quantitative estimate of drug-likeness (QED) is 0.817. The number of nitrogens with one attached hydrogen (secondary N) is 1. The Bertz CT molecular complexity index is 365. The van der Waals surface area contributed by atoms with Gasteiger partial charge in [0.25, 0.3) is 0 Å². The standard InChI is InChI=1S/C11H16N4O2/c16-11(17)15(10-3-6-13-8-14-10)7-9-1-4-12-5-2-9/h3,6,8-9,12H,1-2,4-5,7H2,(H,16,17). The molecule has 0 radical (unpaired) electrons. The first-order valence-corrected chi connectivity index (χ1v) is 5.74. The Kier molecular flexibility index (Phi) is 3.87. The Morgan fingerprint density at radius 3 is 2.88 bits per heavy atom. The van der Waals surface area contributed by atoms with Crippen molar-refractivity contribution in [3.05, 3.63) is 18.6 Å². The number of hydrogen-bond acceptors (Lipinski definition) is 4. The van der Waals surface area contributed by atoms with Crippen LogP contribution in [-0.2, 0) is 0 Å². The number of carbonyl (C=O) groups is 1. The molecule has 17 heavy (non-hydrogen) atoms. The van der Waals surface area contributed by atoms with Crippen molar-refractivity contribution in [2.45, 2.75) is 12.8 Å². The molecule has 0 bridgehead atoms. The van der Waals surface area contributed by atoms with Crippen LogP contribution in [0.3, 0.4) is 0 Å². The van der Waals surface area contributed by atoms with Gasteiger partial charge < -0.3 is 10.4 Å². The van der Waals surface area contributed by atoms with Crippen molar-refractivity contribution < 1.29 is 9.90 Å². The number of piperidine rings is 1. The third-order valence-electron chi connectivity index (χ3n) is 2.97. The smallest absolute Gasteiger partial charge is 0.413 e. The van der Waals surface area contributed by atoms with E-state index in [1.807, 2.05) is 0 Å². The molecule has 1 saturated heterocycles. The van der Waals surface area contributed by atoms with Crippen LogP contribution in [0.25, 0.3) is 0 Å². The molecule has 0 spiro atoms. The van der Waals surface area contributed by atoms with Crippen molar-refractivity contribution in [1.29, 1.82) is 0 Å². The van der Waals surface area contributed by atoms with E-state index in [9.17, 15) is 9.90 Å². The molecular formula is C11H16N4O2. The summed E-state index contributed by atoms with van der Waals surface area (Å²) < 4.78 is 0. The van der Waals surface area contributed by atoms with Gasteiger partial charge in [-0.25, -0.2) is 14.8 Å². The summed E-state index contributed by atoms with van der Waals surface area (Å²) in [5, 5.41) is 12.5. The highest BCUT2D eigenvalue weighted by Gasteiger charge is 2.22. The van der Waals surface area contributed by atoms with E-state index in [-0.39, 0.29) is 0 Å². The lowest BCUT2D eigenvalue weighted by atomic mass is 9.98. The van der Waals surface area contributed by atoms with Gasteiger partial charge in [0.15, 0.2) is 0 Å². The minimum atomic E-state index is -0.956. The van der Waals surface area contributed by atoms with Gasteiger partial charge in [0.2, 0.25) is 0 Å². The lowest BCUT2D eigenvalue weighted by Gasteiger charge is -2.27. The average molecular weight is 236 g/mol. The minimum Gasteiger partial charge on any atom is -0.465 e. The van der Waals surface area contributed by atoms with Crippen LogP contribution >= 0.6 is 0 Å². The highest BCUT2D eigenvalue weighted by Crippen LogP contribution is 2.17. The molecule has 0 saturated carbocycles. The number of aromatic nitrogens is 2. The maximum absolute atomic E-state index is 11.2. The number of rotatable bonds is 3. The molecular weight excluding hydrogens is 220 g/mol. The molecule has 0 aromatic carbocycles. The normalized spacial score (nSPS) is 16.7. The lowest BCUT2D eigenvalue weighted by molar-refractivity contribution is 0.199. The van der Waals surface area contributed by atoms with Gasteiger partial charge in [0.05, 0.1) is 0 Å². The van der Waals surface area contributed by atoms with E-state index in [2.05, 4.69) is 15.3 Å². The monoisotopic (exact) mass is 236 g/mol. The molecule has 0 aliphatic carbocycles. The SMILES string of the molecule is O=C(O)N(CC1CCNCC1)c1ccncn1. The van der Waals surface area contributed by atoms with Crippen LogP contribution in [0, 0.1) is 5.92 Å². The highest BCUT2D eigenvalue weighted by atomic mass is 16.4. The summed E-state index contributed by atoms with van der Waals surface area (Å²) in [7, 11) is 0. The molecule has 2 N–H and O–H groups in total. The van der Waals surface area contributed by atoms with E-state index in [1.54, 1.807) is 12.3 Å². The molecule has 1 aliphatic heterocycles. The average Bonchev–Trinajstić information content (AvgIpc) is 2.38. The molecule has 1 aliphatic rings. The van der Waals surface area contributed by atoms with E-state index in [1.165, 1.54) is 11.2 Å². The molecule has 1 amide bonds. The first kappa shape index (κ1) is 11.8. The summed E-state index contributed by atoms with van der Waals surface area (Å²) in [6.07, 6.45) is 3.99. The Hall–Kier alpha value is -1.69. The van der Waals surface area contributed by atoms with Crippen LogP contribution in [0.15, 0.2) is 18.6 Å². The van der Waals surface area contributed by atoms with Crippen molar-refractivity contribution in [3.8, 4) is 0 Å². The lowest BCUT2D eigenvalue weighted by Crippen LogP contribution is -2.39. The Morgan fingerprint density at radius 2 is 2.29 bits per heavy atom. The van der Waals surface area contributed by atoms with Gasteiger partial charge in [-0.15, -0.1) is 0 Å². The number of carboxylic acid groups (broad SMARTS) is 1. The number of nitrogens with zero attached hydrogens (tertiary/aromatic N) is 3. The van der Waals surface area contributed by atoms with Gasteiger partial charge in [-0.3, -0.25) is 4.90 Å². The van der Waals surface area contributed by atoms with Crippen LogP contribution < -0.4 is 10.2 Å². The molecule has 0 atom stereocenters. The van der Waals surface area contributed by atoms with Crippen LogP contribution in [-0.4, -0.2) is 40.8 Å². The number of anilines is 1. The number of hydrogen-bond donors (Lipinski definition) is 2. The van der Waals surface area contributed by atoms with E-state index in [0.717, 1.165) is 25.9 Å². The van der Waals surface area contributed by atoms with Gasteiger partial charge >= 0.3 is 6.09 Å². The fraction of sp³-hybridized carbons (Fsp3) is 0.545. The largest absolute Gasteiger partial charge is 0.465 e. The highest BCUT2D eigenvalue weighted by molar-refractivity contribution is 5.84. The second kappa shape index (κ2) is 5.58. The summed E-state index contributed by atoms with van der Waals surface area (Å²) in [6.45, 7) is 2.43. The van der Waals surface area contributed by atoms with Crippen molar-refractivity contribution in [2.75, 3.05) is 24.5 Å². The zero-order valence-corrected chi connectivity index (χ0v) is 9.54. The van der Waals surface area contributed by atoms with Crippen molar-refractivity contribution in [2.24, 2.45) is 5.92 Å². The van der Waals surface area contributed by atoms with E-state index < -0.39 is 6.09 Å². The maximum Gasteiger partial charge on any atom is 0.413 e. The maximum atomic E-state index is 11.2. The fourth-order valence-corrected chi connectivity index (χ4v) is 2.04. The van der Waals surface area contributed by atoms with E-state index >= 15 is 0 Å². The van der Waals surface area contributed by atoms with E-state index in [4.69, 9.17) is 0 Å². The molecule has 1 aromatic heterocycles. The van der Waals surface area contributed by atoms with E-state index in [0.29, 0.717) is 18.3 Å². The van der Waals surface area contributed by atoms with Crippen LogP contribution in [0.1, 0.15) is 12.8 Å². The molecule has 92 valence electrons. The van der Waals surface area contributed by atoms with Gasteiger partial charge in [0, 0.05) is 12.7 Å². The van der Waals surface area contributed by atoms with Gasteiger partial charge in [-0.05, 0) is 37.9 Å². The molecule has 0 unspecified atom stereocenters. The Balaban J connectivity index is 2.05. The van der Waals surface area contributed by atoms with Crippen LogP contribution in [0.5, 0.6) is 0 Å². The third kappa shape index (κ3) is 3.13. The van der Waals surface area contributed by atoms with Crippen molar-refractivity contribution in [3.63, 3.8) is 0 Å². The van der Waals surface area contributed by atoms with Crippen molar-refractivity contribution in [1.82, 2.24) is 15.3 Å². The Morgan fingerprint density at radius 1 is 1.53 bits per heavy atom. The second-order valence-electron chi connectivity index (χ2n) is 4.15. The predicted molar refractivity (Wildman–Crippen MR) is 63.0 cm³/mol. The summed E-state index contributed by atoms with van der Waals surface area (Å²) in [5.41, 5.74) is 0.